The summed E-state index contributed by atoms with van der Waals surface area (Å²) in [6.07, 6.45) is 0.638. The summed E-state index contributed by atoms with van der Waals surface area (Å²) in [6, 6.07) is 8.19. The number of rotatable bonds is 11. The Balaban J connectivity index is 1.35. The van der Waals surface area contributed by atoms with E-state index in [0.29, 0.717) is 41.9 Å². The van der Waals surface area contributed by atoms with Gasteiger partial charge in [-0.2, -0.15) is 5.26 Å². The molecule has 160 valence electrons. The highest BCUT2D eigenvalue weighted by molar-refractivity contribution is 7.91. The molecule has 2 unspecified atom stereocenters. The first kappa shape index (κ1) is 22.2. The van der Waals surface area contributed by atoms with Gasteiger partial charge in [-0.15, -0.1) is 0 Å². The quantitative estimate of drug-likeness (QED) is 0.497. The number of benzene rings is 1. The molecule has 2 fully saturated rings. The molecule has 29 heavy (non-hydrogen) atoms. The molecule has 7 nitrogen and oxygen atoms in total. The Kier molecular flexibility index (Phi) is 8.04. The Labute approximate surface area is 174 Å². The van der Waals surface area contributed by atoms with Gasteiger partial charge < -0.3 is 19.3 Å². The molecule has 0 radical (unpaired) electrons. The van der Waals surface area contributed by atoms with Crippen LogP contribution in [0.3, 0.4) is 0 Å². The Morgan fingerprint density at radius 1 is 1.00 bits per heavy atom. The third-order valence-corrected chi connectivity index (χ3v) is 7.67. The monoisotopic (exact) mass is 421 g/mol. The van der Waals surface area contributed by atoms with E-state index in [4.69, 9.17) is 14.7 Å². The Hall–Kier alpha value is -1.50. The van der Waals surface area contributed by atoms with Crippen molar-refractivity contribution in [3.63, 3.8) is 0 Å². The van der Waals surface area contributed by atoms with Crippen LogP contribution in [0.1, 0.15) is 12.0 Å². The van der Waals surface area contributed by atoms with Crippen molar-refractivity contribution in [2.75, 3.05) is 72.0 Å². The zero-order chi connectivity index (χ0) is 20.7. The van der Waals surface area contributed by atoms with Crippen molar-refractivity contribution >= 4 is 9.84 Å². The first-order valence-electron chi connectivity index (χ1n) is 10.3. The average Bonchev–Trinajstić information content (AvgIpc) is 3.26. The van der Waals surface area contributed by atoms with E-state index in [-0.39, 0.29) is 5.75 Å². The largest absolute Gasteiger partial charge is 0.382 e. The van der Waals surface area contributed by atoms with Crippen LogP contribution in [0.15, 0.2) is 29.2 Å². The van der Waals surface area contributed by atoms with Crippen molar-refractivity contribution < 1.29 is 17.9 Å². The smallest absolute Gasteiger partial charge is 0.178 e. The molecule has 2 atom stereocenters. The molecule has 8 heteroatoms. The maximum atomic E-state index is 12.5. The molecule has 0 saturated carbocycles. The first-order valence-corrected chi connectivity index (χ1v) is 11.9. The summed E-state index contributed by atoms with van der Waals surface area (Å²) < 4.78 is 35.5. The van der Waals surface area contributed by atoms with Crippen molar-refractivity contribution in [3.8, 4) is 6.07 Å². The summed E-state index contributed by atoms with van der Waals surface area (Å²) in [6.45, 7) is 8.17. The highest BCUT2D eigenvalue weighted by atomic mass is 32.2. The lowest BCUT2D eigenvalue weighted by atomic mass is 10.0. The van der Waals surface area contributed by atoms with Gasteiger partial charge in [-0.1, -0.05) is 0 Å². The number of hydrogen-bond donors (Lipinski definition) is 0. The molecular formula is C21H31N3O4S. The second kappa shape index (κ2) is 10.5. The predicted octanol–water partition coefficient (Wildman–Crippen LogP) is 1.25. The summed E-state index contributed by atoms with van der Waals surface area (Å²) in [5.74, 6) is 1.52. The van der Waals surface area contributed by atoms with E-state index in [0.717, 1.165) is 45.9 Å². The summed E-state index contributed by atoms with van der Waals surface area (Å²) in [5.41, 5.74) is 0.475. The van der Waals surface area contributed by atoms with Crippen molar-refractivity contribution in [1.29, 1.82) is 5.26 Å². The maximum absolute atomic E-state index is 12.5. The van der Waals surface area contributed by atoms with Crippen LogP contribution in [0.5, 0.6) is 0 Å². The lowest BCUT2D eigenvalue weighted by Gasteiger charge is -2.21. The molecule has 2 aliphatic heterocycles. The number of hydrogen-bond acceptors (Lipinski definition) is 7. The van der Waals surface area contributed by atoms with Gasteiger partial charge in [-0.25, -0.2) is 8.42 Å². The number of fused-ring (bicyclic) bond motifs is 1. The lowest BCUT2D eigenvalue weighted by molar-refractivity contribution is 0.0589. The zero-order valence-electron chi connectivity index (χ0n) is 17.1. The fraction of sp³-hybridized carbons (Fsp3) is 0.667. The van der Waals surface area contributed by atoms with Crippen LogP contribution in [0.2, 0.25) is 0 Å². The molecule has 0 spiro atoms. The standard InChI is InChI=1S/C21H31N3O4S/c1-27-10-11-28-9-8-24-16-19-14-23(15-20(19)17-24)7-2-12-29(25,26)21-5-3-18(13-22)4-6-21/h3-6,19-20H,2,7-12,14-17H2,1H3. The van der Waals surface area contributed by atoms with Gasteiger partial charge in [-0.05, 0) is 49.1 Å². The molecule has 0 bridgehead atoms. The molecule has 0 N–H and O–H groups in total. The van der Waals surface area contributed by atoms with Gasteiger partial charge in [0.05, 0.1) is 42.1 Å². The van der Waals surface area contributed by atoms with E-state index in [1.54, 1.807) is 19.2 Å². The summed E-state index contributed by atoms with van der Waals surface area (Å²) >= 11 is 0. The van der Waals surface area contributed by atoms with Crippen molar-refractivity contribution in [2.24, 2.45) is 11.8 Å². The molecule has 0 amide bonds. The number of methoxy groups -OCH3 is 1. The van der Waals surface area contributed by atoms with Crippen LogP contribution in [0, 0.1) is 23.2 Å². The molecule has 0 aromatic heterocycles. The predicted molar refractivity (Wildman–Crippen MR) is 110 cm³/mol. The van der Waals surface area contributed by atoms with Crippen LogP contribution < -0.4 is 0 Å². The highest BCUT2D eigenvalue weighted by Gasteiger charge is 2.39. The fourth-order valence-electron chi connectivity index (χ4n) is 4.32. The summed E-state index contributed by atoms with van der Waals surface area (Å²) in [7, 11) is -1.61. The van der Waals surface area contributed by atoms with Gasteiger partial charge in [0, 0.05) is 39.8 Å². The van der Waals surface area contributed by atoms with Crippen LogP contribution in [-0.4, -0.2) is 90.2 Å². The molecular weight excluding hydrogens is 390 g/mol. The third kappa shape index (κ3) is 6.24. The first-order chi connectivity index (χ1) is 14.0. The molecule has 0 aliphatic carbocycles. The second-order valence-corrected chi connectivity index (χ2v) is 10.1. The van der Waals surface area contributed by atoms with Crippen molar-refractivity contribution in [3.05, 3.63) is 29.8 Å². The van der Waals surface area contributed by atoms with E-state index in [1.807, 2.05) is 6.07 Å². The molecule has 2 saturated heterocycles. The molecule has 1 aromatic carbocycles. The van der Waals surface area contributed by atoms with Crippen molar-refractivity contribution in [2.45, 2.75) is 11.3 Å². The minimum Gasteiger partial charge on any atom is -0.382 e. The van der Waals surface area contributed by atoms with Crippen LogP contribution in [0.25, 0.3) is 0 Å². The zero-order valence-corrected chi connectivity index (χ0v) is 17.9. The van der Waals surface area contributed by atoms with Gasteiger partial charge >= 0.3 is 0 Å². The number of sulfone groups is 1. The minimum atomic E-state index is -3.29. The maximum Gasteiger partial charge on any atom is 0.178 e. The number of ether oxygens (including phenoxy) is 2. The molecule has 2 heterocycles. The summed E-state index contributed by atoms with van der Waals surface area (Å²) in [4.78, 5) is 5.20. The van der Waals surface area contributed by atoms with Gasteiger partial charge in [-0.3, -0.25) is 0 Å². The van der Waals surface area contributed by atoms with E-state index >= 15 is 0 Å². The topological polar surface area (TPSA) is 82.9 Å². The Bertz CT molecular complexity index is 777. The molecule has 3 rings (SSSR count). The second-order valence-electron chi connectivity index (χ2n) is 7.95. The fourth-order valence-corrected chi connectivity index (χ4v) is 5.62. The number of nitrogens with zero attached hydrogens (tertiary/aromatic N) is 3. The van der Waals surface area contributed by atoms with Gasteiger partial charge in [0.15, 0.2) is 9.84 Å². The van der Waals surface area contributed by atoms with E-state index in [2.05, 4.69) is 9.80 Å². The SMILES string of the molecule is COCCOCCN1CC2CN(CCCS(=O)(=O)c3ccc(C#N)cc3)CC2C1. The summed E-state index contributed by atoms with van der Waals surface area (Å²) in [5, 5.41) is 8.83. The number of nitriles is 1. The Morgan fingerprint density at radius 2 is 1.62 bits per heavy atom. The van der Waals surface area contributed by atoms with E-state index in [1.165, 1.54) is 12.1 Å². The highest BCUT2D eigenvalue weighted by Crippen LogP contribution is 2.31. The molecule has 2 aliphatic rings. The molecule has 1 aromatic rings. The van der Waals surface area contributed by atoms with E-state index in [9.17, 15) is 8.42 Å². The van der Waals surface area contributed by atoms with Crippen LogP contribution in [0.4, 0.5) is 0 Å². The third-order valence-electron chi connectivity index (χ3n) is 5.85. The normalized spacial score (nSPS) is 22.6. The van der Waals surface area contributed by atoms with E-state index < -0.39 is 9.84 Å². The average molecular weight is 422 g/mol. The van der Waals surface area contributed by atoms with Gasteiger partial charge in [0.2, 0.25) is 0 Å². The van der Waals surface area contributed by atoms with Crippen LogP contribution in [-0.2, 0) is 19.3 Å². The van der Waals surface area contributed by atoms with Gasteiger partial charge in [0.25, 0.3) is 0 Å². The van der Waals surface area contributed by atoms with Crippen molar-refractivity contribution in [1.82, 2.24) is 9.80 Å². The van der Waals surface area contributed by atoms with Crippen LogP contribution >= 0.6 is 0 Å². The Morgan fingerprint density at radius 3 is 2.21 bits per heavy atom. The lowest BCUT2D eigenvalue weighted by Crippen LogP contribution is -2.32. The number of likely N-dealkylation sites (tertiary alicyclic amines) is 2. The van der Waals surface area contributed by atoms with Gasteiger partial charge in [0.1, 0.15) is 0 Å². The minimum absolute atomic E-state index is 0.148.